The topological polar surface area (TPSA) is 38.0 Å². The van der Waals surface area contributed by atoms with E-state index in [9.17, 15) is 13.2 Å². The molecule has 2 aromatic rings. The Bertz CT molecular complexity index is 612. The zero-order valence-corrected chi connectivity index (χ0v) is 12.5. The molecular formula is C16H16ClF3N2. The van der Waals surface area contributed by atoms with E-state index in [1.165, 1.54) is 12.1 Å². The zero-order chi connectivity index (χ0) is 16.2. The van der Waals surface area contributed by atoms with E-state index in [1.807, 2.05) is 0 Å². The van der Waals surface area contributed by atoms with Crippen LogP contribution in [-0.4, -0.2) is 13.1 Å². The van der Waals surface area contributed by atoms with Crippen LogP contribution in [0, 0.1) is 0 Å². The number of rotatable bonds is 5. The van der Waals surface area contributed by atoms with Crippen molar-refractivity contribution in [3.05, 3.63) is 70.2 Å². The summed E-state index contributed by atoms with van der Waals surface area (Å²) in [7, 11) is 0. The average molecular weight is 329 g/mol. The Kier molecular flexibility index (Phi) is 5.45. The molecule has 0 bridgehead atoms. The Morgan fingerprint density at radius 1 is 1.05 bits per heavy atom. The first-order valence-corrected chi connectivity index (χ1v) is 7.16. The van der Waals surface area contributed by atoms with Crippen molar-refractivity contribution in [3.8, 4) is 0 Å². The number of hydrogen-bond acceptors (Lipinski definition) is 2. The average Bonchev–Trinajstić information content (AvgIpc) is 2.49. The third-order valence-electron chi connectivity index (χ3n) is 3.27. The summed E-state index contributed by atoms with van der Waals surface area (Å²) in [6, 6.07) is 11.7. The molecule has 22 heavy (non-hydrogen) atoms. The summed E-state index contributed by atoms with van der Waals surface area (Å²) in [6.45, 7) is 0.734. The first-order chi connectivity index (χ1) is 10.4. The van der Waals surface area contributed by atoms with Gasteiger partial charge >= 0.3 is 6.18 Å². The molecule has 2 nitrogen and oxygen atoms in total. The minimum absolute atomic E-state index is 0.172. The van der Waals surface area contributed by atoms with Gasteiger partial charge in [0.05, 0.1) is 11.6 Å². The Labute approximate surface area is 132 Å². The van der Waals surface area contributed by atoms with Crippen molar-refractivity contribution < 1.29 is 13.2 Å². The number of nitrogens with two attached hydrogens (primary N) is 1. The van der Waals surface area contributed by atoms with Gasteiger partial charge in [-0.05, 0) is 29.3 Å². The summed E-state index contributed by atoms with van der Waals surface area (Å²) in [5.74, 6) is 0. The molecule has 6 heteroatoms. The SMILES string of the molecule is NCCNC(c1ccc(Cl)cc1)c1ccccc1C(F)(F)F. The van der Waals surface area contributed by atoms with Crippen LogP contribution >= 0.6 is 11.6 Å². The minimum atomic E-state index is -4.41. The van der Waals surface area contributed by atoms with E-state index in [1.54, 1.807) is 30.3 Å². The molecule has 0 spiro atoms. The van der Waals surface area contributed by atoms with Gasteiger partial charge in [0.1, 0.15) is 0 Å². The van der Waals surface area contributed by atoms with Gasteiger partial charge in [0.15, 0.2) is 0 Å². The smallest absolute Gasteiger partial charge is 0.329 e. The molecule has 1 atom stereocenters. The Morgan fingerprint density at radius 3 is 2.27 bits per heavy atom. The molecule has 0 radical (unpaired) electrons. The number of halogens is 4. The summed E-state index contributed by atoms with van der Waals surface area (Å²) < 4.78 is 39.7. The van der Waals surface area contributed by atoms with Gasteiger partial charge in [-0.15, -0.1) is 0 Å². The van der Waals surface area contributed by atoms with Gasteiger partial charge in [-0.3, -0.25) is 0 Å². The largest absolute Gasteiger partial charge is 0.416 e. The van der Waals surface area contributed by atoms with Gasteiger partial charge in [0, 0.05) is 18.1 Å². The molecule has 0 amide bonds. The Hall–Kier alpha value is -1.56. The van der Waals surface area contributed by atoms with Gasteiger partial charge in [0.2, 0.25) is 0 Å². The summed E-state index contributed by atoms with van der Waals surface area (Å²) in [4.78, 5) is 0. The van der Waals surface area contributed by atoms with E-state index in [0.29, 0.717) is 23.7 Å². The highest BCUT2D eigenvalue weighted by molar-refractivity contribution is 6.30. The van der Waals surface area contributed by atoms with Gasteiger partial charge < -0.3 is 11.1 Å². The first-order valence-electron chi connectivity index (χ1n) is 6.78. The van der Waals surface area contributed by atoms with Crippen LogP contribution in [0.4, 0.5) is 13.2 Å². The third-order valence-corrected chi connectivity index (χ3v) is 3.53. The summed E-state index contributed by atoms with van der Waals surface area (Å²) in [6.07, 6.45) is -4.41. The highest BCUT2D eigenvalue weighted by atomic mass is 35.5. The second-order valence-electron chi connectivity index (χ2n) is 4.81. The lowest BCUT2D eigenvalue weighted by atomic mass is 9.94. The fraction of sp³-hybridized carbons (Fsp3) is 0.250. The molecule has 1 unspecified atom stereocenters. The molecule has 0 saturated carbocycles. The van der Waals surface area contributed by atoms with Gasteiger partial charge in [-0.2, -0.15) is 13.2 Å². The lowest BCUT2D eigenvalue weighted by Crippen LogP contribution is -2.29. The molecule has 0 saturated heterocycles. The van der Waals surface area contributed by atoms with Crippen molar-refractivity contribution in [2.75, 3.05) is 13.1 Å². The maximum absolute atomic E-state index is 13.2. The molecule has 0 aromatic heterocycles. The van der Waals surface area contributed by atoms with Crippen molar-refractivity contribution in [2.24, 2.45) is 5.73 Å². The maximum atomic E-state index is 13.2. The quantitative estimate of drug-likeness (QED) is 0.870. The van der Waals surface area contributed by atoms with Crippen molar-refractivity contribution >= 4 is 11.6 Å². The summed E-state index contributed by atoms with van der Waals surface area (Å²) in [5, 5.41) is 3.60. The zero-order valence-electron chi connectivity index (χ0n) is 11.7. The Morgan fingerprint density at radius 2 is 1.68 bits per heavy atom. The van der Waals surface area contributed by atoms with E-state index in [4.69, 9.17) is 17.3 Å². The van der Waals surface area contributed by atoms with Crippen molar-refractivity contribution in [3.63, 3.8) is 0 Å². The van der Waals surface area contributed by atoms with Crippen LogP contribution in [0.2, 0.25) is 5.02 Å². The van der Waals surface area contributed by atoms with E-state index in [-0.39, 0.29) is 5.56 Å². The second kappa shape index (κ2) is 7.13. The number of nitrogens with one attached hydrogen (secondary N) is 1. The molecule has 0 aliphatic heterocycles. The van der Waals surface area contributed by atoms with E-state index in [2.05, 4.69) is 5.32 Å². The monoisotopic (exact) mass is 328 g/mol. The molecule has 118 valence electrons. The third kappa shape index (κ3) is 4.00. The number of benzene rings is 2. The number of alkyl halides is 3. The van der Waals surface area contributed by atoms with Crippen LogP contribution in [0.1, 0.15) is 22.7 Å². The Balaban J connectivity index is 2.48. The van der Waals surface area contributed by atoms with Crippen molar-refractivity contribution in [1.82, 2.24) is 5.32 Å². The van der Waals surface area contributed by atoms with Gasteiger partial charge in [-0.25, -0.2) is 0 Å². The van der Waals surface area contributed by atoms with Crippen LogP contribution < -0.4 is 11.1 Å². The van der Waals surface area contributed by atoms with Crippen LogP contribution in [0.3, 0.4) is 0 Å². The molecule has 0 fully saturated rings. The molecule has 3 N–H and O–H groups in total. The molecule has 2 rings (SSSR count). The summed E-state index contributed by atoms with van der Waals surface area (Å²) >= 11 is 5.85. The maximum Gasteiger partial charge on any atom is 0.416 e. The standard InChI is InChI=1S/C16H16ClF3N2/c17-12-7-5-11(6-8-12)15(22-10-9-21)13-3-1-2-4-14(13)16(18,19)20/h1-8,15,22H,9-10,21H2. The van der Waals surface area contributed by atoms with Gasteiger partial charge in [0.25, 0.3) is 0 Å². The molecule has 0 aliphatic rings. The molecule has 0 heterocycles. The van der Waals surface area contributed by atoms with Crippen LogP contribution in [-0.2, 0) is 6.18 Å². The lowest BCUT2D eigenvalue weighted by molar-refractivity contribution is -0.138. The first kappa shape index (κ1) is 16.8. The van der Waals surface area contributed by atoms with Crippen LogP contribution in [0.25, 0.3) is 0 Å². The predicted octanol–water partition coefficient (Wildman–Crippen LogP) is 4.00. The summed E-state index contributed by atoms with van der Waals surface area (Å²) in [5.41, 5.74) is 5.70. The van der Waals surface area contributed by atoms with E-state index >= 15 is 0 Å². The van der Waals surface area contributed by atoms with Crippen molar-refractivity contribution in [1.29, 1.82) is 0 Å². The fourth-order valence-corrected chi connectivity index (χ4v) is 2.42. The predicted molar refractivity (Wildman–Crippen MR) is 81.8 cm³/mol. The number of hydrogen-bond donors (Lipinski definition) is 2. The lowest BCUT2D eigenvalue weighted by Gasteiger charge is -2.23. The molecule has 2 aromatic carbocycles. The van der Waals surface area contributed by atoms with Crippen LogP contribution in [0.5, 0.6) is 0 Å². The van der Waals surface area contributed by atoms with E-state index in [0.717, 1.165) is 6.07 Å². The van der Waals surface area contributed by atoms with Crippen molar-refractivity contribution in [2.45, 2.75) is 12.2 Å². The van der Waals surface area contributed by atoms with Gasteiger partial charge in [-0.1, -0.05) is 41.9 Å². The highest BCUT2D eigenvalue weighted by Gasteiger charge is 2.35. The highest BCUT2D eigenvalue weighted by Crippen LogP contribution is 2.36. The van der Waals surface area contributed by atoms with Crippen LogP contribution in [0.15, 0.2) is 48.5 Å². The molecule has 0 aliphatic carbocycles. The fourth-order valence-electron chi connectivity index (χ4n) is 2.30. The van der Waals surface area contributed by atoms with E-state index < -0.39 is 17.8 Å². The molecular weight excluding hydrogens is 313 g/mol. The second-order valence-corrected chi connectivity index (χ2v) is 5.25. The minimum Gasteiger partial charge on any atom is -0.329 e. The normalized spacial score (nSPS) is 13.1.